The number of hydrogen-bond donors (Lipinski definition) is 4. The maximum absolute atomic E-state index is 16.3. The lowest BCUT2D eigenvalue weighted by Gasteiger charge is -2.21. The second-order valence-electron chi connectivity index (χ2n) is 19.8. The van der Waals surface area contributed by atoms with Gasteiger partial charge < -0.3 is 31.5 Å². The molecule has 6 heterocycles. The Balaban J connectivity index is 0.00000284. The van der Waals surface area contributed by atoms with Crippen LogP contribution < -0.4 is 42.3 Å². The van der Waals surface area contributed by atoms with Crippen molar-refractivity contribution < 1.29 is 45.5 Å². The van der Waals surface area contributed by atoms with Crippen molar-refractivity contribution in [2.45, 2.75) is 44.9 Å². The molecule has 0 bridgehead atoms. The van der Waals surface area contributed by atoms with Crippen molar-refractivity contribution >= 4 is 94.4 Å². The molecule has 0 radical (unpaired) electrons. The predicted molar refractivity (Wildman–Crippen MR) is 270 cm³/mol. The molecule has 6 aromatic rings. The highest BCUT2D eigenvalue weighted by Crippen LogP contribution is 2.83. The summed E-state index contributed by atoms with van der Waals surface area (Å²) in [4.78, 5) is 91.3. The number of nitrogens with one attached hydrogen (secondary N) is 3. The number of benzene rings is 2. The molecule has 4 aliphatic carbocycles. The van der Waals surface area contributed by atoms with Crippen molar-refractivity contribution in [2.75, 3.05) is 36.0 Å². The van der Waals surface area contributed by atoms with Crippen LogP contribution in [0.1, 0.15) is 41.5 Å². The molecule has 5 N–H and O–H groups in total. The van der Waals surface area contributed by atoms with E-state index >= 15 is 17.6 Å². The molecule has 6 aliphatic rings. The molecular formula is C49H40F6I2N10O6. The minimum absolute atomic E-state index is 0.0510. The van der Waals surface area contributed by atoms with Crippen molar-refractivity contribution in [2.24, 2.45) is 40.2 Å². The van der Waals surface area contributed by atoms with Crippen molar-refractivity contribution in [3.63, 3.8) is 0 Å². The molecular weight excluding hydrogens is 1190 g/mol. The SMILES string of the molecule is CC(=O)c1cn(-c2ccc(F)cc2F)c2nc(N3CC4C5C(NC(=O)c6cn(-c7ccc(F)cc7F)c7nc(N8CC9C%10C(NC(=O)C(C)NC(=O)[C@H](C)N)C9%10C8)c(F)cc7c6=O)C45C3)c(F)cc2c1=O.II. The summed E-state index contributed by atoms with van der Waals surface area (Å²) >= 11 is 4.24. The minimum Gasteiger partial charge on any atom is -0.353 e. The fourth-order valence-corrected chi connectivity index (χ4v) is 12.0. The van der Waals surface area contributed by atoms with E-state index in [-0.39, 0.29) is 98.9 Å². The number of aromatic nitrogens is 4. The van der Waals surface area contributed by atoms with Crippen LogP contribution >= 0.6 is 37.2 Å². The summed E-state index contributed by atoms with van der Waals surface area (Å²) in [6.07, 6.45) is 2.14. The number of rotatable bonds is 11. The van der Waals surface area contributed by atoms with Crippen LogP contribution in [0.3, 0.4) is 0 Å². The van der Waals surface area contributed by atoms with Crippen molar-refractivity contribution in [3.05, 3.63) is 127 Å². The Bertz CT molecular complexity index is 3600. The number of halogens is 8. The molecule has 4 saturated carbocycles. The number of anilines is 2. The van der Waals surface area contributed by atoms with Gasteiger partial charge in [-0.25, -0.2) is 36.3 Å². The van der Waals surface area contributed by atoms with E-state index in [1.165, 1.54) is 13.8 Å². The van der Waals surface area contributed by atoms with Gasteiger partial charge in [0.15, 0.2) is 40.3 Å². The second-order valence-corrected chi connectivity index (χ2v) is 19.8. The number of ketones is 1. The third kappa shape index (κ3) is 7.45. The number of Topliss-reactive ketones (excluding diaryl/α,β-unsaturated/α-hetero) is 1. The first-order chi connectivity index (χ1) is 34.7. The fraction of sp³-hybridized carbons (Fsp3) is 0.347. The van der Waals surface area contributed by atoms with E-state index in [4.69, 9.17) is 5.73 Å². The van der Waals surface area contributed by atoms with E-state index in [0.717, 1.165) is 64.8 Å². The molecule has 4 aromatic heterocycles. The molecule has 3 amide bonds. The van der Waals surface area contributed by atoms with Crippen LogP contribution in [0.4, 0.5) is 38.0 Å². The number of nitrogens with zero attached hydrogens (tertiary/aromatic N) is 6. The number of carbonyl (C=O) groups excluding carboxylic acids is 4. The summed E-state index contributed by atoms with van der Waals surface area (Å²) in [6.45, 7) is 5.26. The van der Waals surface area contributed by atoms with Crippen LogP contribution in [-0.4, -0.2) is 93.0 Å². The van der Waals surface area contributed by atoms with Gasteiger partial charge in [-0.3, -0.25) is 37.9 Å². The van der Waals surface area contributed by atoms with E-state index in [1.807, 2.05) is 0 Å². The summed E-state index contributed by atoms with van der Waals surface area (Å²) < 4.78 is 93.3. The molecule has 6 fully saturated rings. The Hall–Kier alpha value is -6.16. The Labute approximate surface area is 432 Å². The maximum Gasteiger partial charge on any atom is 0.257 e. The van der Waals surface area contributed by atoms with Gasteiger partial charge in [-0.05, 0) is 80.8 Å². The zero-order valence-electron chi connectivity index (χ0n) is 38.5. The zero-order valence-corrected chi connectivity index (χ0v) is 42.8. The van der Waals surface area contributed by atoms with Gasteiger partial charge in [0.25, 0.3) is 5.91 Å². The summed E-state index contributed by atoms with van der Waals surface area (Å²) in [5.74, 6) is -8.35. The predicted octanol–water partition coefficient (Wildman–Crippen LogP) is 5.16. The van der Waals surface area contributed by atoms with E-state index in [0.29, 0.717) is 25.2 Å². The van der Waals surface area contributed by atoms with E-state index in [9.17, 15) is 37.5 Å². The lowest BCUT2D eigenvalue weighted by Crippen LogP contribution is -2.51. The first-order valence-electron chi connectivity index (χ1n) is 23.0. The summed E-state index contributed by atoms with van der Waals surface area (Å²) in [6, 6.07) is 4.82. The average Bonchev–Trinajstić information content (AvgIpc) is 4.31. The number of piperidine rings is 2. The number of carbonyl (C=O) groups is 4. The maximum atomic E-state index is 16.3. The smallest absolute Gasteiger partial charge is 0.257 e. The summed E-state index contributed by atoms with van der Waals surface area (Å²) in [5, 5.41) is 7.72. The van der Waals surface area contributed by atoms with Crippen LogP contribution in [0, 0.1) is 69.4 Å². The monoisotopic (exact) mass is 1230 g/mol. The number of nitrogens with two attached hydrogens (primary N) is 1. The Kier molecular flexibility index (Phi) is 11.6. The normalized spacial score (nSPS) is 26.1. The van der Waals surface area contributed by atoms with E-state index in [1.54, 1.807) is 9.80 Å². The highest BCUT2D eigenvalue weighted by Gasteiger charge is 2.90. The summed E-state index contributed by atoms with van der Waals surface area (Å²) in [7, 11) is 0. The highest BCUT2D eigenvalue weighted by molar-refractivity contribution is 15.0. The standard InChI is InChI=1S/C49H40F6N10O6.I2/c1-18(56)45(69)57-19(2)46(70)58-39-35-27-14-62(16-48(27,35)39)44-32(55)11-24-38(68)26(13-65(42(24)61-44)34-7-5-22(51)9-30(34)53)47(71)59-40-36-28-15-63(17-49(28,36)40)43-31(54)10-23-37(67)25(20(3)66)12-64(41(23)60-43)33-6-4-21(50)8-29(33)52;1-2/h4-13,18-19,27-28,35-36,39-40H,14-17,56H2,1-3H3,(H,57,69)(H,58,70)(H,59,71);/t18-,19?,27?,28?,35?,36?,39?,40?,48?,49?;/m0./s1. The van der Waals surface area contributed by atoms with Gasteiger partial charge >= 0.3 is 0 Å². The number of pyridine rings is 4. The molecule has 2 saturated heterocycles. The Morgan fingerprint density at radius 1 is 0.671 bits per heavy atom. The van der Waals surface area contributed by atoms with Crippen LogP contribution in [0.25, 0.3) is 33.4 Å². The summed E-state index contributed by atoms with van der Waals surface area (Å²) in [5.41, 5.74) is 1.13. The van der Waals surface area contributed by atoms with Crippen molar-refractivity contribution in [1.29, 1.82) is 0 Å². The van der Waals surface area contributed by atoms with E-state index in [2.05, 4.69) is 63.2 Å². The van der Waals surface area contributed by atoms with Gasteiger partial charge in [0.2, 0.25) is 22.7 Å². The quantitative estimate of drug-likeness (QED) is 0.0758. The van der Waals surface area contributed by atoms with Gasteiger partial charge in [0.05, 0.1) is 33.8 Å². The van der Waals surface area contributed by atoms with Gasteiger partial charge in [-0.2, -0.15) is 0 Å². The molecule has 10 atom stereocenters. The van der Waals surface area contributed by atoms with Crippen LogP contribution in [0.15, 0.2) is 70.5 Å². The van der Waals surface area contributed by atoms with E-state index < -0.39 is 98.4 Å². The molecule has 9 unspecified atom stereocenters. The van der Waals surface area contributed by atoms with Gasteiger partial charge in [0.1, 0.15) is 34.9 Å². The van der Waals surface area contributed by atoms with Gasteiger partial charge in [0, 0.05) is 111 Å². The van der Waals surface area contributed by atoms with Gasteiger partial charge in [-0.15, -0.1) is 0 Å². The number of fused-ring (bicyclic) bond motifs is 4. The minimum atomic E-state index is -1.06. The van der Waals surface area contributed by atoms with Crippen molar-refractivity contribution in [1.82, 2.24) is 35.1 Å². The Morgan fingerprint density at radius 3 is 1.58 bits per heavy atom. The highest BCUT2D eigenvalue weighted by atomic mass is 128. The third-order valence-electron chi connectivity index (χ3n) is 15.8. The third-order valence-corrected chi connectivity index (χ3v) is 15.8. The molecule has 2 aromatic carbocycles. The first kappa shape index (κ1) is 49.1. The molecule has 24 heteroatoms. The molecule has 16 nitrogen and oxygen atoms in total. The zero-order chi connectivity index (χ0) is 52.1. The number of amides is 3. The lowest BCUT2D eigenvalue weighted by molar-refractivity contribution is -0.129. The lowest BCUT2D eigenvalue weighted by atomic mass is 10.0. The molecule has 12 rings (SSSR count). The Morgan fingerprint density at radius 2 is 1.12 bits per heavy atom. The van der Waals surface area contributed by atoms with Gasteiger partial charge in [-0.1, -0.05) is 0 Å². The van der Waals surface area contributed by atoms with Crippen LogP contribution in [0.5, 0.6) is 0 Å². The number of hydrogen-bond acceptors (Lipinski definition) is 11. The average molecular weight is 1230 g/mol. The van der Waals surface area contributed by atoms with Crippen molar-refractivity contribution in [3.8, 4) is 11.4 Å². The molecule has 2 aliphatic heterocycles. The second kappa shape index (κ2) is 17.2. The van der Waals surface area contributed by atoms with Crippen LogP contribution in [-0.2, 0) is 9.59 Å². The first-order valence-corrected chi connectivity index (χ1v) is 29.3. The fourth-order valence-electron chi connectivity index (χ4n) is 12.0. The topological polar surface area (TPSA) is 207 Å². The molecule has 2 spiro atoms. The molecule has 378 valence electrons. The molecule has 73 heavy (non-hydrogen) atoms. The largest absolute Gasteiger partial charge is 0.353 e. The van der Waals surface area contributed by atoms with Crippen LogP contribution in [0.2, 0.25) is 0 Å².